The van der Waals surface area contributed by atoms with Gasteiger partial charge in [0.25, 0.3) is 0 Å². The summed E-state index contributed by atoms with van der Waals surface area (Å²) in [5.74, 6) is -0.439. The number of benzene rings is 1. The van der Waals surface area contributed by atoms with Crippen molar-refractivity contribution in [2.45, 2.75) is 6.10 Å². The highest BCUT2D eigenvalue weighted by Gasteiger charge is 2.14. The van der Waals surface area contributed by atoms with Gasteiger partial charge in [0.1, 0.15) is 0 Å². The number of aliphatic hydroxyl groups is 1. The largest absolute Gasteiger partial charge is 0.390 e. The van der Waals surface area contributed by atoms with Gasteiger partial charge in [-0.05, 0) is 37.9 Å². The lowest BCUT2D eigenvalue weighted by atomic mass is 10.3. The van der Waals surface area contributed by atoms with Gasteiger partial charge in [0, 0.05) is 11.0 Å². The number of alkyl halides is 1. The Labute approximate surface area is 119 Å². The van der Waals surface area contributed by atoms with E-state index in [9.17, 15) is 9.50 Å². The molecule has 0 aliphatic heterocycles. The van der Waals surface area contributed by atoms with Crippen LogP contribution < -0.4 is 5.32 Å². The smallest absolute Gasteiger partial charge is 0.158 e. The Morgan fingerprint density at radius 1 is 1.50 bits per heavy atom. The van der Waals surface area contributed by atoms with Crippen LogP contribution in [0.5, 0.6) is 0 Å². The molecular weight excluding hydrogens is 388 g/mol. The zero-order valence-corrected chi connectivity index (χ0v) is 12.6. The molecule has 1 unspecified atom stereocenters. The molecule has 0 saturated heterocycles. The normalized spacial score (nSPS) is 12.6. The molecule has 0 bridgehead atoms. The van der Waals surface area contributed by atoms with Crippen molar-refractivity contribution in [3.8, 4) is 0 Å². The third-order valence-electron chi connectivity index (χ3n) is 1.81. The number of hydrogen-bond acceptors (Lipinski definition) is 2. The highest BCUT2D eigenvalue weighted by Crippen LogP contribution is 2.37. The molecule has 0 aliphatic carbocycles. The van der Waals surface area contributed by atoms with E-state index in [1.54, 1.807) is 0 Å². The first kappa shape index (κ1) is 14.5. The van der Waals surface area contributed by atoms with E-state index in [-0.39, 0.29) is 21.9 Å². The molecule has 2 nitrogen and oxygen atoms in total. The van der Waals surface area contributed by atoms with Crippen LogP contribution in [0.4, 0.5) is 10.1 Å². The van der Waals surface area contributed by atoms with Crippen LogP contribution in [0.25, 0.3) is 0 Å². The van der Waals surface area contributed by atoms with Crippen LogP contribution in [0, 0.1) is 5.82 Å². The molecular formula is C9H8Br2Cl2FNO. The van der Waals surface area contributed by atoms with Gasteiger partial charge in [0.15, 0.2) is 5.82 Å². The Hall–Kier alpha value is 0.450. The summed E-state index contributed by atoms with van der Waals surface area (Å²) in [4.78, 5) is 0. The molecule has 0 saturated carbocycles. The molecule has 1 atom stereocenters. The standard InChI is InChI=1S/C9H8Br2Cl2FNO/c10-5-1-6(13)8(14)7(11)9(5)15-3-4(16)2-12/h1,4,15-16H,2-3H2. The molecule has 0 fully saturated rings. The van der Waals surface area contributed by atoms with Crippen LogP contribution in [-0.2, 0) is 0 Å². The molecule has 1 aromatic rings. The summed E-state index contributed by atoms with van der Waals surface area (Å²) < 4.78 is 14.3. The lowest BCUT2D eigenvalue weighted by Crippen LogP contribution is -2.21. The van der Waals surface area contributed by atoms with Gasteiger partial charge >= 0.3 is 0 Å². The fourth-order valence-corrected chi connectivity index (χ4v) is 2.96. The maximum atomic E-state index is 13.4. The second kappa shape index (κ2) is 6.40. The maximum absolute atomic E-state index is 13.4. The van der Waals surface area contributed by atoms with Crippen molar-refractivity contribution in [2.24, 2.45) is 0 Å². The van der Waals surface area contributed by atoms with Crippen LogP contribution >= 0.6 is 55.1 Å². The average Bonchev–Trinajstić information content (AvgIpc) is 2.25. The Kier molecular flexibility index (Phi) is 5.81. The predicted octanol–water partition coefficient (Wildman–Crippen LogP) is 4.02. The van der Waals surface area contributed by atoms with Gasteiger partial charge in [-0.25, -0.2) is 4.39 Å². The number of anilines is 1. The molecule has 7 heteroatoms. The topological polar surface area (TPSA) is 32.3 Å². The van der Waals surface area contributed by atoms with Gasteiger partial charge in [-0.3, -0.25) is 0 Å². The number of rotatable bonds is 4. The van der Waals surface area contributed by atoms with Crippen LogP contribution in [-0.4, -0.2) is 23.6 Å². The van der Waals surface area contributed by atoms with Crippen LogP contribution in [0.1, 0.15) is 0 Å². The molecule has 0 heterocycles. The first-order valence-corrected chi connectivity index (χ1v) is 6.78. The van der Waals surface area contributed by atoms with Crippen molar-refractivity contribution >= 4 is 60.7 Å². The van der Waals surface area contributed by atoms with Gasteiger partial charge in [0.2, 0.25) is 0 Å². The quantitative estimate of drug-likeness (QED) is 0.458. The van der Waals surface area contributed by atoms with Gasteiger partial charge in [-0.2, -0.15) is 0 Å². The van der Waals surface area contributed by atoms with Crippen LogP contribution in [0.3, 0.4) is 0 Å². The molecule has 0 amide bonds. The summed E-state index contributed by atoms with van der Waals surface area (Å²) in [6.45, 7) is 0.224. The van der Waals surface area contributed by atoms with E-state index in [1.807, 2.05) is 0 Å². The van der Waals surface area contributed by atoms with E-state index in [1.165, 1.54) is 6.07 Å². The summed E-state index contributed by atoms with van der Waals surface area (Å²) >= 11 is 17.4. The highest BCUT2D eigenvalue weighted by atomic mass is 79.9. The van der Waals surface area contributed by atoms with Gasteiger partial charge in [-0.1, -0.05) is 11.6 Å². The molecule has 0 radical (unpaired) electrons. The Morgan fingerprint density at radius 3 is 2.69 bits per heavy atom. The number of aliphatic hydroxyl groups excluding tert-OH is 1. The molecule has 1 rings (SSSR count). The lowest BCUT2D eigenvalue weighted by Gasteiger charge is -2.14. The van der Waals surface area contributed by atoms with E-state index >= 15 is 0 Å². The van der Waals surface area contributed by atoms with E-state index in [0.29, 0.717) is 10.2 Å². The summed E-state index contributed by atoms with van der Waals surface area (Å²) in [5, 5.41) is 12.2. The van der Waals surface area contributed by atoms with Gasteiger partial charge in [0.05, 0.1) is 27.2 Å². The summed E-state index contributed by atoms with van der Waals surface area (Å²) in [6.07, 6.45) is -0.695. The zero-order chi connectivity index (χ0) is 12.3. The first-order chi connectivity index (χ1) is 7.47. The average molecular weight is 396 g/mol. The molecule has 16 heavy (non-hydrogen) atoms. The molecule has 0 spiro atoms. The van der Waals surface area contributed by atoms with Crippen molar-refractivity contribution < 1.29 is 9.50 Å². The second-order valence-corrected chi connectivity index (χ2v) is 5.40. The van der Waals surface area contributed by atoms with E-state index in [0.717, 1.165) is 0 Å². The summed E-state index contributed by atoms with van der Waals surface area (Å²) in [6, 6.07) is 1.44. The SMILES string of the molecule is OC(CCl)CNc1c(Br)cc(Cl)c(F)c1Br. The molecule has 90 valence electrons. The first-order valence-electron chi connectivity index (χ1n) is 4.28. The van der Waals surface area contributed by atoms with Crippen molar-refractivity contribution in [3.63, 3.8) is 0 Å². The molecule has 0 aromatic heterocycles. The monoisotopic (exact) mass is 393 g/mol. The minimum Gasteiger partial charge on any atom is -0.390 e. The Bertz CT molecular complexity index is 392. The van der Waals surface area contributed by atoms with E-state index in [4.69, 9.17) is 23.2 Å². The van der Waals surface area contributed by atoms with Crippen LogP contribution in [0.2, 0.25) is 5.02 Å². The Balaban J connectivity index is 2.92. The highest BCUT2D eigenvalue weighted by molar-refractivity contribution is 9.11. The Morgan fingerprint density at radius 2 is 2.12 bits per heavy atom. The second-order valence-electron chi connectivity index (χ2n) is 3.03. The van der Waals surface area contributed by atoms with E-state index in [2.05, 4.69) is 37.2 Å². The van der Waals surface area contributed by atoms with Crippen molar-refractivity contribution in [2.75, 3.05) is 17.7 Å². The van der Waals surface area contributed by atoms with Crippen molar-refractivity contribution in [1.29, 1.82) is 0 Å². The predicted molar refractivity (Wildman–Crippen MR) is 72.0 cm³/mol. The molecule has 0 aliphatic rings. The van der Waals surface area contributed by atoms with Crippen LogP contribution in [0.15, 0.2) is 15.0 Å². The summed E-state index contributed by atoms with van der Waals surface area (Å²) in [5.41, 5.74) is 0.492. The van der Waals surface area contributed by atoms with Gasteiger partial charge < -0.3 is 10.4 Å². The number of hydrogen-bond donors (Lipinski definition) is 2. The zero-order valence-electron chi connectivity index (χ0n) is 7.91. The van der Waals surface area contributed by atoms with Gasteiger partial charge in [-0.15, -0.1) is 11.6 Å². The fraction of sp³-hybridized carbons (Fsp3) is 0.333. The molecule has 1 aromatic carbocycles. The maximum Gasteiger partial charge on any atom is 0.158 e. The number of nitrogens with one attached hydrogen (secondary N) is 1. The van der Waals surface area contributed by atoms with Crippen molar-refractivity contribution in [1.82, 2.24) is 0 Å². The number of halogens is 5. The third kappa shape index (κ3) is 3.47. The van der Waals surface area contributed by atoms with Crippen molar-refractivity contribution in [3.05, 3.63) is 25.9 Å². The van der Waals surface area contributed by atoms with E-state index < -0.39 is 11.9 Å². The minimum absolute atomic E-state index is 0.0159. The lowest BCUT2D eigenvalue weighted by molar-refractivity contribution is 0.211. The third-order valence-corrected chi connectivity index (χ3v) is 3.81. The fourth-order valence-electron chi connectivity index (χ4n) is 1.00. The summed E-state index contributed by atoms with van der Waals surface area (Å²) in [7, 11) is 0. The minimum atomic E-state index is -0.695. The molecule has 2 N–H and O–H groups in total.